The summed E-state index contributed by atoms with van der Waals surface area (Å²) in [7, 11) is 0. The molecule has 25 heavy (non-hydrogen) atoms. The number of Topliss-reactive ketones (excluding diaryl/α,β-unsaturated/α-hetero) is 1. The minimum atomic E-state index is -0.616. The summed E-state index contributed by atoms with van der Waals surface area (Å²) < 4.78 is 5.02. The standard InChI is InChI=1S/C19H26N2O4/c1-6-10-21(18(23)14-8-9-14)13(5)17(22)15-11(3)16(20-12(15)4)19(24)25-7-2/h6,13-14,20H,1,7-10H2,2-5H3/t13-/m1/s1. The van der Waals surface area contributed by atoms with E-state index in [0.29, 0.717) is 29.1 Å². The van der Waals surface area contributed by atoms with Crippen LogP contribution in [0.3, 0.4) is 0 Å². The molecule has 1 heterocycles. The van der Waals surface area contributed by atoms with Crippen molar-refractivity contribution in [3.63, 3.8) is 0 Å². The fraction of sp³-hybridized carbons (Fsp3) is 0.526. The van der Waals surface area contributed by atoms with Gasteiger partial charge in [-0.05, 0) is 46.1 Å². The fourth-order valence-corrected chi connectivity index (χ4v) is 3.02. The molecule has 6 nitrogen and oxygen atoms in total. The topological polar surface area (TPSA) is 79.5 Å². The highest BCUT2D eigenvalue weighted by atomic mass is 16.5. The second-order valence-corrected chi connectivity index (χ2v) is 6.44. The maximum Gasteiger partial charge on any atom is 0.355 e. The lowest BCUT2D eigenvalue weighted by Crippen LogP contribution is -2.44. The number of aromatic nitrogens is 1. The first kappa shape index (κ1) is 19.0. The van der Waals surface area contributed by atoms with E-state index in [1.54, 1.807) is 38.7 Å². The van der Waals surface area contributed by atoms with Crippen LogP contribution in [0.4, 0.5) is 0 Å². The Morgan fingerprint density at radius 1 is 1.36 bits per heavy atom. The molecule has 2 rings (SSSR count). The van der Waals surface area contributed by atoms with Crippen LogP contribution in [0, 0.1) is 19.8 Å². The first-order valence-corrected chi connectivity index (χ1v) is 8.65. The van der Waals surface area contributed by atoms with Crippen molar-refractivity contribution in [1.29, 1.82) is 0 Å². The van der Waals surface area contributed by atoms with Gasteiger partial charge in [0.05, 0.1) is 12.6 Å². The summed E-state index contributed by atoms with van der Waals surface area (Å²) in [5, 5.41) is 0. The summed E-state index contributed by atoms with van der Waals surface area (Å²) in [6.45, 7) is 11.2. The SMILES string of the molecule is C=CCN(C(=O)C1CC1)[C@H](C)C(=O)c1c(C)[nH]c(C(=O)OCC)c1C. The molecule has 0 spiro atoms. The van der Waals surface area contributed by atoms with Gasteiger partial charge in [0.15, 0.2) is 5.78 Å². The van der Waals surface area contributed by atoms with Crippen LogP contribution in [-0.4, -0.2) is 46.7 Å². The van der Waals surface area contributed by atoms with Crippen molar-refractivity contribution in [2.45, 2.75) is 46.6 Å². The van der Waals surface area contributed by atoms with Crippen molar-refractivity contribution in [2.24, 2.45) is 5.92 Å². The molecular weight excluding hydrogens is 320 g/mol. The Kier molecular flexibility index (Phi) is 5.82. The van der Waals surface area contributed by atoms with Crippen LogP contribution in [0.1, 0.15) is 58.8 Å². The molecule has 0 bridgehead atoms. The summed E-state index contributed by atoms with van der Waals surface area (Å²) in [6.07, 6.45) is 3.39. The minimum absolute atomic E-state index is 0.00259. The fourth-order valence-electron chi connectivity index (χ4n) is 3.02. The molecule has 1 saturated carbocycles. The molecular formula is C19H26N2O4. The third kappa shape index (κ3) is 3.83. The average Bonchev–Trinajstić information content (AvgIpc) is 3.37. The molecule has 0 radical (unpaired) electrons. The number of H-pyrrole nitrogens is 1. The van der Waals surface area contributed by atoms with Gasteiger partial charge in [-0.3, -0.25) is 9.59 Å². The highest BCUT2D eigenvalue weighted by Gasteiger charge is 2.37. The van der Waals surface area contributed by atoms with Crippen molar-refractivity contribution in [3.05, 3.63) is 35.2 Å². The van der Waals surface area contributed by atoms with Gasteiger partial charge in [-0.25, -0.2) is 4.79 Å². The van der Waals surface area contributed by atoms with Crippen LogP contribution < -0.4 is 0 Å². The summed E-state index contributed by atoms with van der Waals surface area (Å²) in [6, 6.07) is -0.616. The zero-order valence-electron chi connectivity index (χ0n) is 15.3. The predicted molar refractivity (Wildman–Crippen MR) is 94.6 cm³/mol. The van der Waals surface area contributed by atoms with Gasteiger partial charge in [0.1, 0.15) is 5.69 Å². The molecule has 1 aromatic rings. The van der Waals surface area contributed by atoms with E-state index in [-0.39, 0.29) is 24.2 Å². The summed E-state index contributed by atoms with van der Waals surface area (Å²) in [4.78, 5) is 42.1. The number of rotatable bonds is 8. The van der Waals surface area contributed by atoms with Gasteiger partial charge in [0, 0.05) is 23.7 Å². The Morgan fingerprint density at radius 2 is 2.00 bits per heavy atom. The molecule has 0 aromatic carbocycles. The zero-order valence-corrected chi connectivity index (χ0v) is 15.3. The molecule has 1 aliphatic rings. The number of carbonyl (C=O) groups excluding carboxylic acids is 3. The lowest BCUT2D eigenvalue weighted by atomic mass is 9.99. The largest absolute Gasteiger partial charge is 0.461 e. The van der Waals surface area contributed by atoms with Gasteiger partial charge >= 0.3 is 5.97 Å². The maximum absolute atomic E-state index is 13.0. The Labute approximate surface area is 148 Å². The summed E-state index contributed by atoms with van der Waals surface area (Å²) in [5.74, 6) is -0.639. The van der Waals surface area contributed by atoms with Crippen LogP contribution in [0.5, 0.6) is 0 Å². The predicted octanol–water partition coefficient (Wildman–Crippen LogP) is 2.80. The number of nitrogens with zero attached hydrogens (tertiary/aromatic N) is 1. The van der Waals surface area contributed by atoms with E-state index in [1.165, 1.54) is 0 Å². The quantitative estimate of drug-likeness (QED) is 0.446. The molecule has 1 N–H and O–H groups in total. The molecule has 1 fully saturated rings. The van der Waals surface area contributed by atoms with E-state index in [2.05, 4.69) is 11.6 Å². The molecule has 0 saturated heterocycles. The van der Waals surface area contributed by atoms with E-state index < -0.39 is 12.0 Å². The molecule has 1 aromatic heterocycles. The van der Waals surface area contributed by atoms with E-state index in [1.807, 2.05) is 0 Å². The third-order valence-electron chi connectivity index (χ3n) is 4.55. The zero-order chi connectivity index (χ0) is 18.7. The minimum Gasteiger partial charge on any atom is -0.461 e. The van der Waals surface area contributed by atoms with Crippen molar-refractivity contribution < 1.29 is 19.1 Å². The number of carbonyl (C=O) groups is 3. The molecule has 1 aliphatic carbocycles. The first-order chi connectivity index (χ1) is 11.8. The number of ketones is 1. The monoisotopic (exact) mass is 346 g/mol. The summed E-state index contributed by atoms with van der Waals surface area (Å²) in [5.41, 5.74) is 1.91. The van der Waals surface area contributed by atoms with Crippen LogP contribution in [-0.2, 0) is 9.53 Å². The Morgan fingerprint density at radius 3 is 2.52 bits per heavy atom. The Bertz CT molecular complexity index is 701. The number of hydrogen-bond acceptors (Lipinski definition) is 4. The van der Waals surface area contributed by atoms with Crippen molar-refractivity contribution in [3.8, 4) is 0 Å². The number of ether oxygens (including phenoxy) is 1. The highest BCUT2D eigenvalue weighted by Crippen LogP contribution is 2.32. The lowest BCUT2D eigenvalue weighted by Gasteiger charge is -2.27. The number of nitrogens with one attached hydrogen (secondary N) is 1. The van der Waals surface area contributed by atoms with Gasteiger partial charge in [-0.15, -0.1) is 6.58 Å². The Hall–Kier alpha value is -2.37. The van der Waals surface area contributed by atoms with Crippen LogP contribution in [0.15, 0.2) is 12.7 Å². The van der Waals surface area contributed by atoms with E-state index in [4.69, 9.17) is 4.74 Å². The van der Waals surface area contributed by atoms with Crippen LogP contribution >= 0.6 is 0 Å². The van der Waals surface area contributed by atoms with Crippen molar-refractivity contribution >= 4 is 17.7 Å². The van der Waals surface area contributed by atoms with Crippen molar-refractivity contribution in [1.82, 2.24) is 9.88 Å². The highest BCUT2D eigenvalue weighted by molar-refractivity contribution is 6.06. The van der Waals surface area contributed by atoms with Gasteiger partial charge in [-0.2, -0.15) is 0 Å². The number of esters is 1. The third-order valence-corrected chi connectivity index (χ3v) is 4.55. The summed E-state index contributed by atoms with van der Waals surface area (Å²) >= 11 is 0. The van der Waals surface area contributed by atoms with Gasteiger partial charge in [0.25, 0.3) is 0 Å². The molecule has 0 unspecified atom stereocenters. The Balaban J connectivity index is 2.30. The normalized spacial score (nSPS) is 14.7. The van der Waals surface area contributed by atoms with Gasteiger partial charge in [-0.1, -0.05) is 6.08 Å². The second-order valence-electron chi connectivity index (χ2n) is 6.44. The van der Waals surface area contributed by atoms with Crippen LogP contribution in [0.25, 0.3) is 0 Å². The van der Waals surface area contributed by atoms with Gasteiger partial charge < -0.3 is 14.6 Å². The number of aryl methyl sites for hydroxylation is 1. The number of aromatic amines is 1. The first-order valence-electron chi connectivity index (χ1n) is 8.65. The molecule has 1 atom stereocenters. The second kappa shape index (κ2) is 7.68. The maximum atomic E-state index is 13.0. The van der Waals surface area contributed by atoms with E-state index in [0.717, 1.165) is 12.8 Å². The number of hydrogen-bond donors (Lipinski definition) is 1. The average molecular weight is 346 g/mol. The molecule has 1 amide bonds. The number of amides is 1. The van der Waals surface area contributed by atoms with E-state index >= 15 is 0 Å². The molecule has 0 aliphatic heterocycles. The van der Waals surface area contributed by atoms with Crippen LogP contribution in [0.2, 0.25) is 0 Å². The smallest absolute Gasteiger partial charge is 0.355 e. The molecule has 6 heteroatoms. The lowest BCUT2D eigenvalue weighted by molar-refractivity contribution is -0.133. The van der Waals surface area contributed by atoms with Crippen molar-refractivity contribution in [2.75, 3.05) is 13.2 Å². The van der Waals surface area contributed by atoms with E-state index in [9.17, 15) is 14.4 Å². The molecule has 136 valence electrons. The van der Waals surface area contributed by atoms with Gasteiger partial charge in [0.2, 0.25) is 5.91 Å².